The van der Waals surface area contributed by atoms with E-state index in [1.54, 1.807) is 0 Å². The molecule has 2 heterocycles. The maximum Gasteiger partial charge on any atom is 0.252 e. The molecule has 5 heteroatoms. The highest BCUT2D eigenvalue weighted by atomic mass is 16.5. The summed E-state index contributed by atoms with van der Waals surface area (Å²) < 4.78 is 5.48. The topological polar surface area (TPSA) is 54.5 Å². The van der Waals surface area contributed by atoms with Crippen molar-refractivity contribution in [1.29, 1.82) is 0 Å². The summed E-state index contributed by atoms with van der Waals surface area (Å²) in [6, 6.07) is 10.0. The molecule has 1 aliphatic rings. The second-order valence-corrected chi connectivity index (χ2v) is 7.47. The molecule has 0 radical (unpaired) electrons. The number of nitrogens with zero attached hydrogens (tertiary/aromatic N) is 2. The van der Waals surface area contributed by atoms with Crippen molar-refractivity contribution >= 4 is 16.8 Å². The molecule has 2 aromatic rings. The molecule has 0 bridgehead atoms. The summed E-state index contributed by atoms with van der Waals surface area (Å²) >= 11 is 0. The highest BCUT2D eigenvalue weighted by Gasteiger charge is 2.23. The predicted molar refractivity (Wildman–Crippen MR) is 104 cm³/mol. The molecular formula is C21H29N3O2. The van der Waals surface area contributed by atoms with Gasteiger partial charge in [0.15, 0.2) is 0 Å². The highest BCUT2D eigenvalue weighted by molar-refractivity contribution is 6.06. The number of benzene rings is 1. The molecule has 140 valence electrons. The maximum absolute atomic E-state index is 12.9. The minimum atomic E-state index is -0.0197. The van der Waals surface area contributed by atoms with Gasteiger partial charge >= 0.3 is 0 Å². The quantitative estimate of drug-likeness (QED) is 0.865. The Kier molecular flexibility index (Phi) is 6.22. The van der Waals surface area contributed by atoms with Crippen LogP contribution in [0.2, 0.25) is 0 Å². The molecule has 1 N–H and O–H groups in total. The van der Waals surface area contributed by atoms with Crippen LogP contribution in [0.3, 0.4) is 0 Å². The summed E-state index contributed by atoms with van der Waals surface area (Å²) in [5, 5.41) is 4.08. The van der Waals surface area contributed by atoms with Gasteiger partial charge in [0.25, 0.3) is 5.91 Å². The van der Waals surface area contributed by atoms with Crippen LogP contribution in [0.5, 0.6) is 0 Å². The van der Waals surface area contributed by atoms with Crippen molar-refractivity contribution in [3.63, 3.8) is 0 Å². The van der Waals surface area contributed by atoms with Crippen LogP contribution in [0.1, 0.15) is 36.3 Å². The van der Waals surface area contributed by atoms with Crippen molar-refractivity contribution in [2.45, 2.75) is 33.2 Å². The van der Waals surface area contributed by atoms with Crippen molar-refractivity contribution in [1.82, 2.24) is 15.2 Å². The van der Waals surface area contributed by atoms with E-state index in [0.717, 1.165) is 49.3 Å². The first-order valence-corrected chi connectivity index (χ1v) is 9.51. The van der Waals surface area contributed by atoms with Crippen molar-refractivity contribution in [3.8, 4) is 0 Å². The van der Waals surface area contributed by atoms with E-state index in [1.165, 1.54) is 0 Å². The number of carbonyl (C=O) groups is 1. The molecule has 1 saturated heterocycles. The summed E-state index contributed by atoms with van der Waals surface area (Å²) in [5.74, 6) is 0.567. The van der Waals surface area contributed by atoms with Crippen LogP contribution in [-0.4, -0.2) is 54.7 Å². The molecule has 0 aliphatic carbocycles. The Labute approximate surface area is 155 Å². The molecule has 1 atom stereocenters. The lowest BCUT2D eigenvalue weighted by Crippen LogP contribution is -2.49. The van der Waals surface area contributed by atoms with E-state index in [4.69, 9.17) is 4.74 Å². The van der Waals surface area contributed by atoms with Crippen molar-refractivity contribution < 1.29 is 9.53 Å². The Balaban J connectivity index is 1.74. The lowest BCUT2D eigenvalue weighted by molar-refractivity contribution is 0.0124. The van der Waals surface area contributed by atoms with Gasteiger partial charge in [-0.05, 0) is 31.4 Å². The van der Waals surface area contributed by atoms with E-state index < -0.39 is 0 Å². The number of morpholine rings is 1. The van der Waals surface area contributed by atoms with Gasteiger partial charge in [0.2, 0.25) is 0 Å². The van der Waals surface area contributed by atoms with Crippen LogP contribution < -0.4 is 5.32 Å². The van der Waals surface area contributed by atoms with Crippen LogP contribution in [0.25, 0.3) is 10.9 Å². The average Bonchev–Trinajstić information content (AvgIpc) is 2.64. The largest absolute Gasteiger partial charge is 0.379 e. The first-order chi connectivity index (χ1) is 12.5. The number of hydrogen-bond donors (Lipinski definition) is 1. The molecule has 5 nitrogen and oxygen atoms in total. The SMILES string of the molecule is Cc1cc(C(=O)NCC(CC(C)C)N2CCOCC2)c2ccccc2n1. The fraction of sp³-hybridized carbons (Fsp3) is 0.524. The van der Waals surface area contributed by atoms with Crippen LogP contribution in [0.4, 0.5) is 0 Å². The number of fused-ring (bicyclic) bond motifs is 1. The van der Waals surface area contributed by atoms with Crippen LogP contribution in [0, 0.1) is 12.8 Å². The zero-order valence-corrected chi connectivity index (χ0v) is 16.0. The Morgan fingerprint density at radius 1 is 1.27 bits per heavy atom. The molecule has 1 aromatic heterocycles. The first-order valence-electron chi connectivity index (χ1n) is 9.51. The third kappa shape index (κ3) is 4.59. The van der Waals surface area contributed by atoms with Gasteiger partial charge in [-0.15, -0.1) is 0 Å². The summed E-state index contributed by atoms with van der Waals surface area (Å²) in [5.41, 5.74) is 2.43. The Morgan fingerprint density at radius 2 is 2.00 bits per heavy atom. The Hall–Kier alpha value is -1.98. The summed E-state index contributed by atoms with van der Waals surface area (Å²) in [7, 11) is 0. The van der Waals surface area contributed by atoms with E-state index in [2.05, 4.69) is 29.0 Å². The van der Waals surface area contributed by atoms with E-state index >= 15 is 0 Å². The Morgan fingerprint density at radius 3 is 2.73 bits per heavy atom. The molecular weight excluding hydrogens is 326 g/mol. The molecule has 3 rings (SSSR count). The molecule has 1 unspecified atom stereocenters. The fourth-order valence-corrected chi connectivity index (χ4v) is 3.65. The summed E-state index contributed by atoms with van der Waals surface area (Å²) in [6.45, 7) is 10.5. The van der Waals surface area contributed by atoms with Gasteiger partial charge in [-0.2, -0.15) is 0 Å². The first kappa shape index (κ1) is 18.8. The molecule has 0 spiro atoms. The number of rotatable bonds is 6. The van der Waals surface area contributed by atoms with Crippen LogP contribution in [0.15, 0.2) is 30.3 Å². The van der Waals surface area contributed by atoms with Gasteiger partial charge in [-0.25, -0.2) is 0 Å². The van der Waals surface area contributed by atoms with Crippen molar-refractivity contribution in [2.24, 2.45) is 5.92 Å². The average molecular weight is 355 g/mol. The third-order valence-electron chi connectivity index (χ3n) is 4.89. The number of para-hydroxylation sites is 1. The number of ether oxygens (including phenoxy) is 1. The predicted octanol–water partition coefficient (Wildman–Crippen LogP) is 3.02. The number of carbonyl (C=O) groups excluding carboxylic acids is 1. The van der Waals surface area contributed by atoms with Crippen LogP contribution in [-0.2, 0) is 4.74 Å². The maximum atomic E-state index is 12.9. The molecule has 1 aliphatic heterocycles. The molecule has 1 aromatic carbocycles. The van der Waals surface area contributed by atoms with Gasteiger partial charge in [-0.3, -0.25) is 14.7 Å². The number of aryl methyl sites for hydroxylation is 1. The standard InChI is InChI=1S/C21H29N3O2/c1-15(2)12-17(24-8-10-26-11-9-24)14-22-21(25)19-13-16(3)23-20-7-5-4-6-18(19)20/h4-7,13,15,17H,8-12,14H2,1-3H3,(H,22,25). The highest BCUT2D eigenvalue weighted by Crippen LogP contribution is 2.19. The van der Waals surface area contributed by atoms with Crippen molar-refractivity contribution in [3.05, 3.63) is 41.6 Å². The summed E-state index contributed by atoms with van der Waals surface area (Å²) in [6.07, 6.45) is 1.07. The summed E-state index contributed by atoms with van der Waals surface area (Å²) in [4.78, 5) is 19.9. The van der Waals surface area contributed by atoms with E-state index in [-0.39, 0.29) is 5.91 Å². The molecule has 26 heavy (non-hydrogen) atoms. The monoisotopic (exact) mass is 355 g/mol. The zero-order valence-electron chi connectivity index (χ0n) is 16.0. The van der Waals surface area contributed by atoms with Gasteiger partial charge < -0.3 is 10.1 Å². The third-order valence-corrected chi connectivity index (χ3v) is 4.89. The van der Waals surface area contributed by atoms with Gasteiger partial charge in [0, 0.05) is 36.8 Å². The van der Waals surface area contributed by atoms with E-state index in [0.29, 0.717) is 24.1 Å². The zero-order chi connectivity index (χ0) is 18.5. The normalized spacial score (nSPS) is 16.8. The van der Waals surface area contributed by atoms with Gasteiger partial charge in [-0.1, -0.05) is 32.0 Å². The number of hydrogen-bond acceptors (Lipinski definition) is 4. The lowest BCUT2D eigenvalue weighted by atomic mass is 10.0. The second-order valence-electron chi connectivity index (χ2n) is 7.47. The lowest BCUT2D eigenvalue weighted by Gasteiger charge is -2.35. The van der Waals surface area contributed by atoms with Crippen molar-refractivity contribution in [2.75, 3.05) is 32.8 Å². The number of nitrogens with one attached hydrogen (secondary N) is 1. The number of amides is 1. The van der Waals surface area contributed by atoms with Gasteiger partial charge in [0.1, 0.15) is 0 Å². The van der Waals surface area contributed by atoms with E-state index in [9.17, 15) is 4.79 Å². The van der Waals surface area contributed by atoms with E-state index in [1.807, 2.05) is 37.3 Å². The molecule has 0 saturated carbocycles. The minimum Gasteiger partial charge on any atom is -0.379 e. The molecule has 1 fully saturated rings. The van der Waals surface area contributed by atoms with Gasteiger partial charge in [0.05, 0.1) is 24.3 Å². The molecule has 1 amide bonds. The smallest absolute Gasteiger partial charge is 0.252 e. The number of pyridine rings is 1. The fourth-order valence-electron chi connectivity index (χ4n) is 3.65. The second kappa shape index (κ2) is 8.60. The minimum absolute atomic E-state index is 0.0197. The number of aromatic nitrogens is 1. The van der Waals surface area contributed by atoms with Crippen LogP contribution >= 0.6 is 0 Å². The Bertz CT molecular complexity index is 754.